The van der Waals surface area contributed by atoms with Gasteiger partial charge in [0.2, 0.25) is 0 Å². The minimum absolute atomic E-state index is 0.694. The Morgan fingerprint density at radius 3 is 2.71 bits per heavy atom. The van der Waals surface area contributed by atoms with Crippen LogP contribution in [0.2, 0.25) is 0 Å². The summed E-state index contributed by atoms with van der Waals surface area (Å²) in [7, 11) is 0. The van der Waals surface area contributed by atoms with Gasteiger partial charge >= 0.3 is 0 Å². The van der Waals surface area contributed by atoms with E-state index in [2.05, 4.69) is 38.1 Å². The third kappa shape index (κ3) is 4.03. The van der Waals surface area contributed by atoms with Crippen molar-refractivity contribution in [1.82, 2.24) is 20.2 Å². The third-order valence-electron chi connectivity index (χ3n) is 4.10. The highest BCUT2D eigenvalue weighted by Crippen LogP contribution is 2.15. The summed E-state index contributed by atoms with van der Waals surface area (Å²) in [6.45, 7) is 9.54. The quantitative estimate of drug-likeness (QED) is 0.680. The minimum atomic E-state index is 0.694. The maximum atomic E-state index is 4.81. The van der Waals surface area contributed by atoms with Gasteiger partial charge in [-0.2, -0.15) is 0 Å². The summed E-state index contributed by atoms with van der Waals surface area (Å²) in [6.07, 6.45) is 1.85. The van der Waals surface area contributed by atoms with E-state index in [4.69, 9.17) is 4.99 Å². The highest BCUT2D eigenvalue weighted by atomic mass is 32.1. The van der Waals surface area contributed by atoms with Gasteiger partial charge in [-0.05, 0) is 26.0 Å². The molecule has 1 aliphatic rings. The molecule has 0 amide bonds. The standard InChI is InChI=1S/C17H24N6S/c1-3-18-17(20-12-15-14(2)21-13-24-15)23-10-8-22(9-11-23)16-6-4-5-7-19-16/h4-7,13H,3,8-12H2,1-2H3,(H,18,20). The first-order valence-corrected chi connectivity index (χ1v) is 9.24. The molecule has 2 aromatic rings. The van der Waals surface area contributed by atoms with E-state index in [0.717, 1.165) is 50.2 Å². The van der Waals surface area contributed by atoms with E-state index in [1.807, 2.05) is 30.8 Å². The lowest BCUT2D eigenvalue weighted by molar-refractivity contribution is 0.371. The molecule has 0 aromatic carbocycles. The van der Waals surface area contributed by atoms with Crippen molar-refractivity contribution in [2.24, 2.45) is 4.99 Å². The molecular formula is C17H24N6S. The first kappa shape index (κ1) is 16.7. The van der Waals surface area contributed by atoms with Gasteiger partial charge in [-0.25, -0.2) is 15.0 Å². The molecule has 0 radical (unpaired) electrons. The van der Waals surface area contributed by atoms with Crippen LogP contribution >= 0.6 is 11.3 Å². The van der Waals surface area contributed by atoms with Crippen LogP contribution in [0.4, 0.5) is 5.82 Å². The zero-order chi connectivity index (χ0) is 16.8. The van der Waals surface area contributed by atoms with Crippen LogP contribution in [0.3, 0.4) is 0 Å². The summed E-state index contributed by atoms with van der Waals surface area (Å²) in [5.74, 6) is 2.05. The van der Waals surface area contributed by atoms with Gasteiger partial charge in [-0.3, -0.25) is 0 Å². The summed E-state index contributed by atoms with van der Waals surface area (Å²) in [5, 5.41) is 3.41. The molecular weight excluding hydrogens is 320 g/mol. The van der Waals surface area contributed by atoms with Crippen molar-refractivity contribution in [2.45, 2.75) is 20.4 Å². The Hall–Kier alpha value is -2.15. The second-order valence-electron chi connectivity index (χ2n) is 5.69. The maximum absolute atomic E-state index is 4.81. The second kappa shape index (κ2) is 8.10. The van der Waals surface area contributed by atoms with Crippen molar-refractivity contribution < 1.29 is 0 Å². The fourth-order valence-corrected chi connectivity index (χ4v) is 3.44. The zero-order valence-corrected chi connectivity index (χ0v) is 15.1. The van der Waals surface area contributed by atoms with Gasteiger partial charge in [0.1, 0.15) is 5.82 Å². The van der Waals surface area contributed by atoms with Crippen molar-refractivity contribution in [1.29, 1.82) is 0 Å². The Labute approximate surface area is 147 Å². The smallest absolute Gasteiger partial charge is 0.194 e. The summed E-state index contributed by atoms with van der Waals surface area (Å²) >= 11 is 1.67. The summed E-state index contributed by atoms with van der Waals surface area (Å²) < 4.78 is 0. The average Bonchev–Trinajstić information content (AvgIpc) is 3.04. The number of rotatable bonds is 4. The number of piperazine rings is 1. The minimum Gasteiger partial charge on any atom is -0.357 e. The fraction of sp³-hybridized carbons (Fsp3) is 0.471. The molecule has 3 heterocycles. The number of hydrogen-bond acceptors (Lipinski definition) is 5. The number of aryl methyl sites for hydroxylation is 1. The second-order valence-corrected chi connectivity index (χ2v) is 6.63. The van der Waals surface area contributed by atoms with E-state index in [1.54, 1.807) is 11.3 Å². The lowest BCUT2D eigenvalue weighted by Gasteiger charge is -2.37. The van der Waals surface area contributed by atoms with Crippen molar-refractivity contribution in [3.8, 4) is 0 Å². The number of aliphatic imine (C=N–C) groups is 1. The number of hydrogen-bond donors (Lipinski definition) is 1. The predicted molar refractivity (Wildman–Crippen MR) is 99.7 cm³/mol. The van der Waals surface area contributed by atoms with Gasteiger partial charge in [-0.1, -0.05) is 6.07 Å². The molecule has 1 N–H and O–H groups in total. The highest BCUT2D eigenvalue weighted by Gasteiger charge is 2.20. The largest absolute Gasteiger partial charge is 0.357 e. The van der Waals surface area contributed by atoms with Gasteiger partial charge in [-0.15, -0.1) is 11.3 Å². The third-order valence-corrected chi connectivity index (χ3v) is 5.02. The first-order chi connectivity index (χ1) is 11.8. The molecule has 0 spiro atoms. The Bertz CT molecular complexity index is 661. The van der Waals surface area contributed by atoms with Crippen LogP contribution in [0.1, 0.15) is 17.5 Å². The van der Waals surface area contributed by atoms with Crippen LogP contribution in [0.25, 0.3) is 0 Å². The van der Waals surface area contributed by atoms with E-state index in [0.29, 0.717) is 6.54 Å². The number of aromatic nitrogens is 2. The van der Waals surface area contributed by atoms with E-state index in [9.17, 15) is 0 Å². The number of anilines is 1. The molecule has 24 heavy (non-hydrogen) atoms. The lowest BCUT2D eigenvalue weighted by atomic mass is 10.3. The van der Waals surface area contributed by atoms with Crippen molar-refractivity contribution in [3.63, 3.8) is 0 Å². The van der Waals surface area contributed by atoms with Crippen molar-refractivity contribution in [3.05, 3.63) is 40.5 Å². The molecule has 1 aliphatic heterocycles. The van der Waals surface area contributed by atoms with Crippen LogP contribution in [0.5, 0.6) is 0 Å². The number of guanidine groups is 1. The van der Waals surface area contributed by atoms with E-state index >= 15 is 0 Å². The fourth-order valence-electron chi connectivity index (χ4n) is 2.74. The normalized spacial score (nSPS) is 15.7. The summed E-state index contributed by atoms with van der Waals surface area (Å²) in [5.41, 5.74) is 2.97. The molecule has 3 rings (SSSR count). The van der Waals surface area contributed by atoms with Gasteiger partial charge in [0, 0.05) is 43.8 Å². The number of nitrogens with zero attached hydrogens (tertiary/aromatic N) is 5. The average molecular weight is 344 g/mol. The van der Waals surface area contributed by atoms with Crippen molar-refractivity contribution in [2.75, 3.05) is 37.6 Å². The molecule has 128 valence electrons. The summed E-state index contributed by atoms with van der Waals surface area (Å²) in [6, 6.07) is 6.07. The predicted octanol–water partition coefficient (Wildman–Crippen LogP) is 2.13. The van der Waals surface area contributed by atoms with Gasteiger partial charge < -0.3 is 15.1 Å². The molecule has 1 saturated heterocycles. The van der Waals surface area contributed by atoms with E-state index in [-0.39, 0.29) is 0 Å². The summed E-state index contributed by atoms with van der Waals surface area (Å²) in [4.78, 5) is 19.4. The van der Waals surface area contributed by atoms with Crippen molar-refractivity contribution >= 4 is 23.1 Å². The van der Waals surface area contributed by atoms with Crippen LogP contribution in [-0.2, 0) is 6.54 Å². The van der Waals surface area contributed by atoms with Crippen LogP contribution in [0, 0.1) is 6.92 Å². The molecule has 1 fully saturated rings. The van der Waals surface area contributed by atoms with Gasteiger partial charge in [0.05, 0.1) is 17.7 Å². The number of thiazole rings is 1. The van der Waals surface area contributed by atoms with E-state index < -0.39 is 0 Å². The number of pyridine rings is 1. The van der Waals surface area contributed by atoms with Crippen LogP contribution in [0.15, 0.2) is 34.9 Å². The Kier molecular flexibility index (Phi) is 5.63. The lowest BCUT2D eigenvalue weighted by Crippen LogP contribution is -2.52. The number of nitrogens with one attached hydrogen (secondary N) is 1. The molecule has 0 bridgehead atoms. The van der Waals surface area contributed by atoms with Crippen LogP contribution in [-0.4, -0.2) is 53.6 Å². The van der Waals surface area contributed by atoms with Crippen LogP contribution < -0.4 is 10.2 Å². The first-order valence-electron chi connectivity index (χ1n) is 8.36. The molecule has 0 unspecified atom stereocenters. The SMILES string of the molecule is CCNC(=NCc1scnc1C)N1CCN(c2ccccn2)CC1. The van der Waals surface area contributed by atoms with Gasteiger partial charge in [0.25, 0.3) is 0 Å². The molecule has 2 aromatic heterocycles. The highest BCUT2D eigenvalue weighted by molar-refractivity contribution is 7.09. The Balaban J connectivity index is 1.62. The molecule has 7 heteroatoms. The molecule has 0 atom stereocenters. The molecule has 0 aliphatic carbocycles. The molecule has 6 nitrogen and oxygen atoms in total. The monoisotopic (exact) mass is 344 g/mol. The van der Waals surface area contributed by atoms with Gasteiger partial charge in [0.15, 0.2) is 5.96 Å². The topological polar surface area (TPSA) is 56.7 Å². The zero-order valence-electron chi connectivity index (χ0n) is 14.3. The maximum Gasteiger partial charge on any atom is 0.194 e. The Morgan fingerprint density at radius 2 is 2.08 bits per heavy atom. The van der Waals surface area contributed by atoms with E-state index in [1.165, 1.54) is 4.88 Å². The Morgan fingerprint density at radius 1 is 1.25 bits per heavy atom. The molecule has 0 saturated carbocycles.